The third-order valence-corrected chi connectivity index (χ3v) is 6.30. The summed E-state index contributed by atoms with van der Waals surface area (Å²) in [5, 5.41) is 11.3. The second kappa shape index (κ2) is 12.3. The van der Waals surface area contributed by atoms with Crippen LogP contribution in [0, 0.1) is 5.92 Å². The Hall–Kier alpha value is -2.99. The van der Waals surface area contributed by atoms with E-state index in [9.17, 15) is 4.79 Å². The lowest BCUT2D eigenvalue weighted by Gasteiger charge is -2.32. The third-order valence-electron chi connectivity index (χ3n) is 6.30. The third kappa shape index (κ3) is 7.82. The minimum atomic E-state index is 0.0560. The van der Waals surface area contributed by atoms with Gasteiger partial charge in [-0.25, -0.2) is 0 Å². The van der Waals surface area contributed by atoms with Crippen molar-refractivity contribution in [3.8, 4) is 0 Å². The van der Waals surface area contributed by atoms with Crippen LogP contribution in [-0.4, -0.2) is 47.2 Å². The van der Waals surface area contributed by atoms with E-state index in [2.05, 4.69) is 62.9 Å². The van der Waals surface area contributed by atoms with Crippen molar-refractivity contribution >= 4 is 5.91 Å². The molecule has 33 heavy (non-hydrogen) atoms. The smallest absolute Gasteiger partial charge is 0.220 e. The molecule has 0 bridgehead atoms. The number of likely N-dealkylation sites (tertiary alicyclic amines) is 1. The quantitative estimate of drug-likeness (QED) is 0.484. The molecule has 0 saturated carbocycles. The monoisotopic (exact) mass is 446 g/mol. The molecule has 1 aromatic heterocycles. The van der Waals surface area contributed by atoms with E-state index in [0.717, 1.165) is 39.0 Å². The van der Waals surface area contributed by atoms with Crippen molar-refractivity contribution in [1.29, 1.82) is 0 Å². The Kier molecular flexibility index (Phi) is 8.64. The standard InChI is InChI=1S/C27H34N4O2/c32-25(14-16-27-30-29-26(33-27)15-13-22-8-3-1-4-9-22)28-20-24-12-7-18-31(21-24)19-17-23-10-5-2-6-11-23/h1-6,8-11,24H,7,12-21H2,(H,28,32). The number of aromatic nitrogens is 2. The summed E-state index contributed by atoms with van der Waals surface area (Å²) in [6.07, 6.45) is 5.90. The molecule has 1 aliphatic rings. The van der Waals surface area contributed by atoms with Crippen LogP contribution in [0.1, 0.15) is 42.2 Å². The Bertz CT molecular complexity index is 974. The zero-order valence-electron chi connectivity index (χ0n) is 19.3. The first-order chi connectivity index (χ1) is 16.2. The fraction of sp³-hybridized carbons (Fsp3) is 0.444. The molecule has 1 fully saturated rings. The summed E-state index contributed by atoms with van der Waals surface area (Å²) < 4.78 is 5.72. The molecule has 3 aromatic rings. The van der Waals surface area contributed by atoms with E-state index in [1.54, 1.807) is 0 Å². The Labute approximate surface area is 196 Å². The zero-order chi connectivity index (χ0) is 22.7. The fourth-order valence-electron chi connectivity index (χ4n) is 4.41. The normalized spacial score (nSPS) is 16.5. The van der Waals surface area contributed by atoms with Crippen molar-refractivity contribution in [2.45, 2.75) is 44.9 Å². The Morgan fingerprint density at radius 1 is 0.909 bits per heavy atom. The van der Waals surface area contributed by atoms with Crippen LogP contribution in [0.3, 0.4) is 0 Å². The van der Waals surface area contributed by atoms with Crippen LogP contribution >= 0.6 is 0 Å². The van der Waals surface area contributed by atoms with Crippen LogP contribution in [-0.2, 0) is 30.5 Å². The van der Waals surface area contributed by atoms with Crippen molar-refractivity contribution in [3.05, 3.63) is 83.6 Å². The van der Waals surface area contributed by atoms with Gasteiger partial charge >= 0.3 is 0 Å². The van der Waals surface area contributed by atoms with Crippen molar-refractivity contribution in [3.63, 3.8) is 0 Å². The molecule has 1 N–H and O–H groups in total. The van der Waals surface area contributed by atoms with Crippen LogP contribution in [0.15, 0.2) is 65.1 Å². The maximum Gasteiger partial charge on any atom is 0.220 e. The Balaban J connectivity index is 1.12. The van der Waals surface area contributed by atoms with Crippen LogP contribution in [0.5, 0.6) is 0 Å². The average Bonchev–Trinajstić information content (AvgIpc) is 3.33. The van der Waals surface area contributed by atoms with Gasteiger partial charge in [0.05, 0.1) is 0 Å². The topological polar surface area (TPSA) is 71.3 Å². The number of carbonyl (C=O) groups excluding carboxylic acids is 1. The predicted molar refractivity (Wildman–Crippen MR) is 129 cm³/mol. The molecule has 6 heteroatoms. The van der Waals surface area contributed by atoms with Gasteiger partial charge in [-0.3, -0.25) is 4.79 Å². The largest absolute Gasteiger partial charge is 0.425 e. The molecule has 2 aromatic carbocycles. The maximum absolute atomic E-state index is 12.4. The van der Waals surface area contributed by atoms with Gasteiger partial charge < -0.3 is 14.6 Å². The molecule has 1 aliphatic heterocycles. The van der Waals surface area contributed by atoms with Crippen LogP contribution < -0.4 is 5.32 Å². The lowest BCUT2D eigenvalue weighted by Crippen LogP contribution is -2.41. The minimum Gasteiger partial charge on any atom is -0.425 e. The highest BCUT2D eigenvalue weighted by Crippen LogP contribution is 2.16. The number of hydrogen-bond donors (Lipinski definition) is 1. The van der Waals surface area contributed by atoms with E-state index in [-0.39, 0.29) is 5.91 Å². The number of benzene rings is 2. The number of amides is 1. The number of hydrogen-bond acceptors (Lipinski definition) is 5. The molecule has 0 aliphatic carbocycles. The molecule has 4 rings (SSSR count). The zero-order valence-corrected chi connectivity index (χ0v) is 19.3. The highest BCUT2D eigenvalue weighted by atomic mass is 16.4. The first-order valence-electron chi connectivity index (χ1n) is 12.1. The molecule has 1 unspecified atom stereocenters. The molecule has 1 amide bonds. The van der Waals surface area contributed by atoms with E-state index in [0.29, 0.717) is 37.0 Å². The number of aryl methyl sites for hydroxylation is 3. The molecule has 0 spiro atoms. The SMILES string of the molecule is O=C(CCc1nnc(CCc2ccccc2)o1)NCC1CCCN(CCc2ccccc2)C1. The lowest BCUT2D eigenvalue weighted by atomic mass is 9.97. The van der Waals surface area contributed by atoms with Crippen LogP contribution in [0.4, 0.5) is 0 Å². The van der Waals surface area contributed by atoms with Crippen LogP contribution in [0.2, 0.25) is 0 Å². The summed E-state index contributed by atoms with van der Waals surface area (Å²) in [6.45, 7) is 4.04. The Morgan fingerprint density at radius 2 is 1.58 bits per heavy atom. The van der Waals surface area contributed by atoms with Gasteiger partial charge in [-0.05, 0) is 49.3 Å². The molecule has 6 nitrogen and oxygen atoms in total. The summed E-state index contributed by atoms with van der Waals surface area (Å²) in [5.74, 6) is 1.75. The highest BCUT2D eigenvalue weighted by molar-refractivity contribution is 5.76. The van der Waals surface area contributed by atoms with Gasteiger partial charge in [-0.1, -0.05) is 60.7 Å². The number of rotatable bonds is 11. The number of nitrogens with one attached hydrogen (secondary N) is 1. The van der Waals surface area contributed by atoms with E-state index in [1.165, 1.54) is 24.0 Å². The van der Waals surface area contributed by atoms with Crippen molar-refractivity contribution in [2.24, 2.45) is 5.92 Å². The highest BCUT2D eigenvalue weighted by Gasteiger charge is 2.20. The number of piperidine rings is 1. The number of carbonyl (C=O) groups is 1. The lowest BCUT2D eigenvalue weighted by molar-refractivity contribution is -0.121. The summed E-state index contributed by atoms with van der Waals surface area (Å²) in [7, 11) is 0. The minimum absolute atomic E-state index is 0.0560. The van der Waals surface area contributed by atoms with Gasteiger partial charge in [-0.15, -0.1) is 10.2 Å². The average molecular weight is 447 g/mol. The van der Waals surface area contributed by atoms with Crippen molar-refractivity contribution < 1.29 is 9.21 Å². The summed E-state index contributed by atoms with van der Waals surface area (Å²) in [5.41, 5.74) is 2.63. The van der Waals surface area contributed by atoms with Gasteiger partial charge in [0.1, 0.15) is 0 Å². The summed E-state index contributed by atoms with van der Waals surface area (Å²) >= 11 is 0. The van der Waals surface area contributed by atoms with Gasteiger partial charge in [0, 0.05) is 38.9 Å². The second-order valence-corrected chi connectivity index (χ2v) is 8.92. The molecule has 2 heterocycles. The fourth-order valence-corrected chi connectivity index (χ4v) is 4.41. The number of nitrogens with zero attached hydrogens (tertiary/aromatic N) is 3. The second-order valence-electron chi connectivity index (χ2n) is 8.92. The predicted octanol–water partition coefficient (Wildman–Crippen LogP) is 3.86. The maximum atomic E-state index is 12.4. The molecule has 1 saturated heterocycles. The van der Waals surface area contributed by atoms with E-state index in [4.69, 9.17) is 4.42 Å². The van der Waals surface area contributed by atoms with Crippen molar-refractivity contribution in [1.82, 2.24) is 20.4 Å². The van der Waals surface area contributed by atoms with Crippen molar-refractivity contribution in [2.75, 3.05) is 26.2 Å². The summed E-state index contributed by atoms with van der Waals surface area (Å²) in [4.78, 5) is 14.9. The van der Waals surface area contributed by atoms with E-state index < -0.39 is 0 Å². The van der Waals surface area contributed by atoms with E-state index in [1.807, 2.05) is 18.2 Å². The molecule has 1 atom stereocenters. The first-order valence-corrected chi connectivity index (χ1v) is 12.1. The summed E-state index contributed by atoms with van der Waals surface area (Å²) in [6, 6.07) is 20.9. The van der Waals surface area contributed by atoms with Gasteiger partial charge in [0.2, 0.25) is 17.7 Å². The van der Waals surface area contributed by atoms with Crippen LogP contribution in [0.25, 0.3) is 0 Å². The van der Waals surface area contributed by atoms with E-state index >= 15 is 0 Å². The Morgan fingerprint density at radius 3 is 2.30 bits per heavy atom. The van der Waals surface area contributed by atoms with Gasteiger partial charge in [-0.2, -0.15) is 0 Å². The molecular weight excluding hydrogens is 412 g/mol. The molecule has 0 radical (unpaired) electrons. The first kappa shape index (κ1) is 23.2. The molecule has 174 valence electrons. The van der Waals surface area contributed by atoms with Gasteiger partial charge in [0.25, 0.3) is 0 Å². The van der Waals surface area contributed by atoms with Gasteiger partial charge in [0.15, 0.2) is 0 Å². The molecular formula is C27H34N4O2.